The summed E-state index contributed by atoms with van der Waals surface area (Å²) < 4.78 is 0. The van der Waals surface area contributed by atoms with Gasteiger partial charge in [0.1, 0.15) is 0 Å². The van der Waals surface area contributed by atoms with Crippen LogP contribution in [0.3, 0.4) is 0 Å². The molecule has 5 rings (SSSR count). The van der Waals surface area contributed by atoms with Gasteiger partial charge in [-0.1, -0.05) is 35.9 Å². The lowest BCUT2D eigenvalue weighted by atomic mass is 9.85. The zero-order valence-corrected chi connectivity index (χ0v) is 16.3. The summed E-state index contributed by atoms with van der Waals surface area (Å²) in [4.78, 5) is 40.7. The Labute approximate surface area is 171 Å². The van der Waals surface area contributed by atoms with Crippen LogP contribution in [0, 0.1) is 23.7 Å². The monoisotopic (exact) mass is 409 g/mol. The molecule has 0 radical (unpaired) electrons. The molecule has 0 spiro atoms. The molecule has 3 aliphatic rings. The van der Waals surface area contributed by atoms with Gasteiger partial charge in [-0.25, -0.2) is 4.90 Å². The number of allylic oxidation sites excluding steroid dienone is 2. The second-order valence-electron chi connectivity index (χ2n) is 7.41. The van der Waals surface area contributed by atoms with Gasteiger partial charge in [0.25, 0.3) is 0 Å². The van der Waals surface area contributed by atoms with Crippen molar-refractivity contribution in [2.75, 3.05) is 4.90 Å². The summed E-state index contributed by atoms with van der Waals surface area (Å²) in [5.74, 6) is -0.428. The Morgan fingerprint density at radius 1 is 0.964 bits per heavy atom. The molecule has 2 aliphatic carbocycles. The molecule has 4 atom stereocenters. The van der Waals surface area contributed by atoms with Crippen LogP contribution in [0.4, 0.5) is 5.69 Å². The molecule has 2 aromatic rings. The molecule has 4 nitrogen and oxygen atoms in total. The van der Waals surface area contributed by atoms with E-state index in [1.807, 2.05) is 0 Å². The lowest BCUT2D eigenvalue weighted by Crippen LogP contribution is -2.32. The van der Waals surface area contributed by atoms with Crippen molar-refractivity contribution >= 4 is 46.0 Å². The van der Waals surface area contributed by atoms with Gasteiger partial charge < -0.3 is 0 Å². The summed E-state index contributed by atoms with van der Waals surface area (Å²) in [6.45, 7) is 0. The molecule has 28 heavy (non-hydrogen) atoms. The number of halogens is 1. The molecule has 1 saturated carbocycles. The minimum atomic E-state index is -0.245. The van der Waals surface area contributed by atoms with E-state index in [1.165, 1.54) is 4.90 Å². The molecule has 140 valence electrons. The largest absolute Gasteiger partial charge is 0.281 e. The van der Waals surface area contributed by atoms with Crippen LogP contribution in [0.5, 0.6) is 0 Å². The molecule has 2 bridgehead atoms. The summed E-state index contributed by atoms with van der Waals surface area (Å²) >= 11 is 6.97. The van der Waals surface area contributed by atoms with Gasteiger partial charge in [-0.05, 0) is 66.4 Å². The van der Waals surface area contributed by atoms with Gasteiger partial charge in [0.05, 0.1) is 17.5 Å². The first-order chi connectivity index (χ1) is 13.5. The first-order valence-electron chi connectivity index (χ1n) is 9.17. The Balaban J connectivity index is 1.40. The zero-order valence-electron chi connectivity index (χ0n) is 14.7. The minimum Gasteiger partial charge on any atom is -0.281 e. The molecule has 0 aromatic heterocycles. The van der Waals surface area contributed by atoms with Crippen LogP contribution in [0.2, 0.25) is 5.02 Å². The van der Waals surface area contributed by atoms with Crippen LogP contribution >= 0.6 is 23.4 Å². The maximum Gasteiger partial charge on any atom is 0.238 e. The second-order valence-corrected chi connectivity index (χ2v) is 8.89. The molecule has 1 heterocycles. The Hall–Kier alpha value is -2.37. The molecule has 2 fully saturated rings. The van der Waals surface area contributed by atoms with Gasteiger partial charge >= 0.3 is 0 Å². The third-order valence-corrected chi connectivity index (χ3v) is 7.02. The van der Waals surface area contributed by atoms with Crippen molar-refractivity contribution in [3.05, 3.63) is 71.3 Å². The molecule has 0 N–H and O–H groups in total. The Morgan fingerprint density at radius 3 is 2.25 bits per heavy atom. The molecule has 2 amide bonds. The van der Waals surface area contributed by atoms with Gasteiger partial charge in [0.2, 0.25) is 16.9 Å². The van der Waals surface area contributed by atoms with E-state index in [2.05, 4.69) is 12.2 Å². The molecular weight excluding hydrogens is 394 g/mol. The number of hydrogen-bond acceptors (Lipinski definition) is 4. The summed E-state index contributed by atoms with van der Waals surface area (Å²) in [5, 5.41) is 0.462. The average Bonchev–Trinajstić information content (AvgIpc) is 3.37. The Morgan fingerprint density at radius 2 is 1.61 bits per heavy atom. The topological polar surface area (TPSA) is 54.5 Å². The zero-order chi connectivity index (χ0) is 19.4. The van der Waals surface area contributed by atoms with E-state index in [4.69, 9.17) is 11.6 Å². The van der Waals surface area contributed by atoms with Crippen LogP contribution in [0.15, 0.2) is 65.6 Å². The number of rotatable bonds is 3. The van der Waals surface area contributed by atoms with Gasteiger partial charge in [-0.15, -0.1) is 0 Å². The average molecular weight is 410 g/mol. The lowest BCUT2D eigenvalue weighted by Gasteiger charge is -2.17. The normalized spacial score (nSPS) is 27.5. The fourth-order valence-electron chi connectivity index (χ4n) is 4.60. The minimum absolute atomic E-state index is 0.137. The molecule has 0 unspecified atom stereocenters. The van der Waals surface area contributed by atoms with Crippen molar-refractivity contribution in [3.63, 3.8) is 0 Å². The smallest absolute Gasteiger partial charge is 0.238 e. The number of carbonyl (C=O) groups excluding carboxylic acids is 3. The Kier molecular flexibility index (Phi) is 4.18. The number of anilines is 1. The Bertz CT molecular complexity index is 1000. The van der Waals surface area contributed by atoms with Crippen LogP contribution < -0.4 is 4.90 Å². The highest BCUT2D eigenvalue weighted by Crippen LogP contribution is 2.53. The van der Waals surface area contributed by atoms with E-state index in [0.29, 0.717) is 16.3 Å². The number of benzene rings is 2. The van der Waals surface area contributed by atoms with Crippen LogP contribution in [0.25, 0.3) is 0 Å². The number of hydrogen-bond donors (Lipinski definition) is 0. The van der Waals surface area contributed by atoms with Crippen molar-refractivity contribution in [1.82, 2.24) is 0 Å². The second kappa shape index (κ2) is 6.61. The highest BCUT2D eigenvalue weighted by atomic mass is 35.5. The van der Waals surface area contributed by atoms with Crippen molar-refractivity contribution in [1.29, 1.82) is 0 Å². The van der Waals surface area contributed by atoms with Crippen molar-refractivity contribution in [3.8, 4) is 0 Å². The maximum absolute atomic E-state index is 13.0. The van der Waals surface area contributed by atoms with Crippen molar-refractivity contribution in [2.45, 2.75) is 11.3 Å². The summed E-state index contributed by atoms with van der Waals surface area (Å²) in [7, 11) is 0. The van der Waals surface area contributed by atoms with Gasteiger partial charge in [-0.3, -0.25) is 14.4 Å². The summed E-state index contributed by atoms with van der Waals surface area (Å²) in [5.41, 5.74) is 0.933. The van der Waals surface area contributed by atoms with E-state index < -0.39 is 0 Å². The highest BCUT2D eigenvalue weighted by Gasteiger charge is 2.59. The quantitative estimate of drug-likeness (QED) is 0.423. The molecule has 2 aromatic carbocycles. The number of carbonyl (C=O) groups is 3. The number of amides is 2. The first-order valence-corrected chi connectivity index (χ1v) is 10.4. The molecular formula is C22H16ClNO3S. The van der Waals surface area contributed by atoms with Gasteiger partial charge in [0.15, 0.2) is 0 Å². The third-order valence-electron chi connectivity index (χ3n) is 5.83. The third kappa shape index (κ3) is 2.73. The number of imide groups is 1. The molecule has 1 aliphatic heterocycles. The summed E-state index contributed by atoms with van der Waals surface area (Å²) in [6, 6.07) is 13.8. The van der Waals surface area contributed by atoms with Gasteiger partial charge in [0, 0.05) is 15.5 Å². The maximum atomic E-state index is 13.0. The van der Waals surface area contributed by atoms with Crippen LogP contribution in [0.1, 0.15) is 16.8 Å². The predicted molar refractivity (Wildman–Crippen MR) is 108 cm³/mol. The first kappa shape index (κ1) is 17.7. The van der Waals surface area contributed by atoms with E-state index >= 15 is 0 Å². The number of nitrogens with zero attached hydrogens (tertiary/aromatic N) is 1. The highest BCUT2D eigenvalue weighted by molar-refractivity contribution is 8.14. The van der Waals surface area contributed by atoms with E-state index in [0.717, 1.165) is 23.1 Å². The standard InChI is InChI=1S/C22H16ClNO3S/c23-15-6-8-17(9-7-15)28-22(27)14-2-1-3-16(11-14)24-20(25)18-12-4-5-13(10-12)19(18)21(24)26/h1-9,11-13,18-19H,10H2/t12-,13-,18-,19+/m0/s1. The van der Waals surface area contributed by atoms with E-state index in [9.17, 15) is 14.4 Å². The number of thioether (sulfide) groups is 1. The van der Waals surface area contributed by atoms with Crippen LogP contribution in [-0.2, 0) is 9.59 Å². The molecule has 1 saturated heterocycles. The lowest BCUT2D eigenvalue weighted by molar-refractivity contribution is -0.123. The predicted octanol–water partition coefficient (Wildman–Crippen LogP) is 4.58. The van der Waals surface area contributed by atoms with Crippen molar-refractivity contribution in [2.24, 2.45) is 23.7 Å². The molecule has 6 heteroatoms. The van der Waals surface area contributed by atoms with E-state index in [-0.39, 0.29) is 40.6 Å². The number of fused-ring (bicyclic) bond motifs is 5. The van der Waals surface area contributed by atoms with Crippen molar-refractivity contribution < 1.29 is 14.4 Å². The fraction of sp³-hybridized carbons (Fsp3) is 0.227. The van der Waals surface area contributed by atoms with Gasteiger partial charge in [-0.2, -0.15) is 0 Å². The SMILES string of the molecule is O=C(Sc1ccc(Cl)cc1)c1cccc(N2C(=O)[C@@H]3[C@H](C2=O)[C@H]2C=C[C@H]3C2)c1. The fourth-order valence-corrected chi connectivity index (χ4v) is 5.45. The van der Waals surface area contributed by atoms with E-state index in [1.54, 1.807) is 48.5 Å². The summed E-state index contributed by atoms with van der Waals surface area (Å²) in [6.07, 6.45) is 5.04. The van der Waals surface area contributed by atoms with Crippen LogP contribution in [-0.4, -0.2) is 16.9 Å².